The summed E-state index contributed by atoms with van der Waals surface area (Å²) in [6, 6.07) is 16.2. The summed E-state index contributed by atoms with van der Waals surface area (Å²) in [6.07, 6.45) is 2.73. The minimum atomic E-state index is -0.600. The van der Waals surface area contributed by atoms with E-state index in [1.165, 1.54) is 7.11 Å². The standard InChI is InChI=1S/C26H24N2O5/c1-31-12-4-7-23(29)19-6-3-5-16-13-17(8-9-18(16)19)33-24-10-11-28-22-15-25(32-2)21(26(27)30)14-20(22)24/h3,5-6,8-11,13-15H,4,7,12H2,1-2H3,(H2,27,30). The fourth-order valence-electron chi connectivity index (χ4n) is 3.81. The molecule has 0 atom stereocenters. The Morgan fingerprint density at radius 2 is 1.79 bits per heavy atom. The molecular formula is C26H24N2O5. The fourth-order valence-corrected chi connectivity index (χ4v) is 3.81. The van der Waals surface area contributed by atoms with E-state index in [9.17, 15) is 9.59 Å². The van der Waals surface area contributed by atoms with Crippen LogP contribution in [0.25, 0.3) is 21.7 Å². The zero-order valence-electron chi connectivity index (χ0n) is 18.5. The predicted octanol–water partition coefficient (Wildman–Crippen LogP) is 4.90. The van der Waals surface area contributed by atoms with Gasteiger partial charge in [0.05, 0.1) is 18.2 Å². The highest BCUT2D eigenvalue weighted by Crippen LogP contribution is 2.34. The first-order valence-corrected chi connectivity index (χ1v) is 10.5. The SMILES string of the molecule is COCCCC(=O)c1cccc2cc(Oc3ccnc4cc(OC)c(C(N)=O)cc34)ccc12. The summed E-state index contributed by atoms with van der Waals surface area (Å²) in [5, 5.41) is 2.39. The van der Waals surface area contributed by atoms with E-state index in [2.05, 4.69) is 4.98 Å². The topological polar surface area (TPSA) is 101 Å². The third kappa shape index (κ3) is 4.63. The maximum absolute atomic E-state index is 12.7. The van der Waals surface area contributed by atoms with Crippen molar-refractivity contribution in [2.24, 2.45) is 5.73 Å². The summed E-state index contributed by atoms with van der Waals surface area (Å²) in [7, 11) is 3.10. The van der Waals surface area contributed by atoms with Crippen molar-refractivity contribution in [3.05, 3.63) is 71.9 Å². The molecule has 2 N–H and O–H groups in total. The summed E-state index contributed by atoms with van der Waals surface area (Å²) in [5.74, 6) is 0.955. The first kappa shape index (κ1) is 22.2. The molecule has 4 aromatic rings. The lowest BCUT2D eigenvalue weighted by molar-refractivity contribution is 0.0963. The van der Waals surface area contributed by atoms with Gasteiger partial charge in [0.2, 0.25) is 0 Å². The summed E-state index contributed by atoms with van der Waals surface area (Å²) in [4.78, 5) is 28.9. The maximum atomic E-state index is 12.7. The molecule has 33 heavy (non-hydrogen) atoms. The van der Waals surface area contributed by atoms with Gasteiger partial charge >= 0.3 is 0 Å². The van der Waals surface area contributed by atoms with Crippen molar-refractivity contribution in [3.63, 3.8) is 0 Å². The number of carbonyl (C=O) groups excluding carboxylic acids is 2. The molecule has 0 radical (unpaired) electrons. The maximum Gasteiger partial charge on any atom is 0.252 e. The molecule has 0 saturated heterocycles. The average molecular weight is 444 g/mol. The lowest BCUT2D eigenvalue weighted by atomic mass is 9.99. The zero-order valence-corrected chi connectivity index (χ0v) is 18.5. The Bertz CT molecular complexity index is 1350. The molecule has 1 heterocycles. The smallest absolute Gasteiger partial charge is 0.252 e. The minimum absolute atomic E-state index is 0.0828. The predicted molar refractivity (Wildman–Crippen MR) is 126 cm³/mol. The van der Waals surface area contributed by atoms with Crippen molar-refractivity contribution in [2.75, 3.05) is 20.8 Å². The van der Waals surface area contributed by atoms with Crippen LogP contribution in [0.1, 0.15) is 33.6 Å². The zero-order chi connectivity index (χ0) is 23.4. The first-order valence-electron chi connectivity index (χ1n) is 10.5. The average Bonchev–Trinajstić information content (AvgIpc) is 2.82. The molecule has 0 unspecified atom stereocenters. The van der Waals surface area contributed by atoms with Gasteiger partial charge in [0, 0.05) is 43.4 Å². The van der Waals surface area contributed by atoms with E-state index in [0.717, 1.165) is 10.8 Å². The van der Waals surface area contributed by atoms with Crippen LogP contribution in [-0.2, 0) is 4.74 Å². The molecule has 0 aliphatic carbocycles. The van der Waals surface area contributed by atoms with Crippen molar-refractivity contribution in [1.29, 1.82) is 0 Å². The van der Waals surface area contributed by atoms with Gasteiger partial charge in [0.25, 0.3) is 5.91 Å². The number of hydrogen-bond donors (Lipinski definition) is 1. The van der Waals surface area contributed by atoms with Gasteiger partial charge in [0.1, 0.15) is 17.2 Å². The summed E-state index contributed by atoms with van der Waals surface area (Å²) >= 11 is 0. The molecule has 0 fully saturated rings. The lowest BCUT2D eigenvalue weighted by Gasteiger charge is -2.13. The highest BCUT2D eigenvalue weighted by atomic mass is 16.5. The molecule has 1 amide bonds. The van der Waals surface area contributed by atoms with Gasteiger partial charge in [-0.2, -0.15) is 0 Å². The van der Waals surface area contributed by atoms with Gasteiger partial charge < -0.3 is 19.9 Å². The van der Waals surface area contributed by atoms with Gasteiger partial charge in [-0.3, -0.25) is 14.6 Å². The highest BCUT2D eigenvalue weighted by molar-refractivity contribution is 6.08. The normalized spacial score (nSPS) is 11.0. The number of Topliss-reactive ketones (excluding diaryl/α,β-unsaturated/α-hetero) is 1. The van der Waals surface area contributed by atoms with E-state index in [-0.39, 0.29) is 11.3 Å². The number of methoxy groups -OCH3 is 2. The lowest BCUT2D eigenvalue weighted by Crippen LogP contribution is -2.12. The van der Waals surface area contributed by atoms with Crippen LogP contribution in [0.3, 0.4) is 0 Å². The Morgan fingerprint density at radius 3 is 2.55 bits per heavy atom. The number of pyridine rings is 1. The van der Waals surface area contributed by atoms with E-state index >= 15 is 0 Å². The molecule has 168 valence electrons. The van der Waals surface area contributed by atoms with Crippen LogP contribution >= 0.6 is 0 Å². The quantitative estimate of drug-likeness (QED) is 0.291. The number of hydrogen-bond acceptors (Lipinski definition) is 6. The molecule has 4 rings (SSSR count). The van der Waals surface area contributed by atoms with Crippen LogP contribution in [-0.4, -0.2) is 37.5 Å². The number of rotatable bonds is 9. The summed E-state index contributed by atoms with van der Waals surface area (Å²) in [5.41, 5.74) is 7.05. The molecule has 1 aromatic heterocycles. The molecule has 7 heteroatoms. The van der Waals surface area contributed by atoms with Crippen LogP contribution in [0, 0.1) is 0 Å². The summed E-state index contributed by atoms with van der Waals surface area (Å²) in [6.45, 7) is 0.553. The number of nitrogens with two attached hydrogens (primary N) is 1. The molecule has 7 nitrogen and oxygen atoms in total. The molecule has 3 aromatic carbocycles. The number of fused-ring (bicyclic) bond motifs is 2. The van der Waals surface area contributed by atoms with Crippen LogP contribution in [0.2, 0.25) is 0 Å². The van der Waals surface area contributed by atoms with Gasteiger partial charge in [0.15, 0.2) is 5.78 Å². The van der Waals surface area contributed by atoms with Crippen LogP contribution in [0.4, 0.5) is 0 Å². The summed E-state index contributed by atoms with van der Waals surface area (Å²) < 4.78 is 16.5. The largest absolute Gasteiger partial charge is 0.496 e. The molecule has 0 aliphatic heterocycles. The third-order valence-corrected chi connectivity index (χ3v) is 5.42. The van der Waals surface area contributed by atoms with Crippen LogP contribution < -0.4 is 15.2 Å². The number of benzene rings is 3. The molecular weight excluding hydrogens is 420 g/mol. The monoisotopic (exact) mass is 444 g/mol. The number of nitrogens with zero attached hydrogens (tertiary/aromatic N) is 1. The van der Waals surface area contributed by atoms with E-state index in [1.807, 2.05) is 36.4 Å². The first-order chi connectivity index (χ1) is 16.0. The second kappa shape index (κ2) is 9.67. The van der Waals surface area contributed by atoms with Gasteiger partial charge in [-0.1, -0.05) is 18.2 Å². The number of ketones is 1. The van der Waals surface area contributed by atoms with Crippen molar-refractivity contribution >= 4 is 33.4 Å². The van der Waals surface area contributed by atoms with Crippen molar-refractivity contribution < 1.29 is 23.8 Å². The number of primary amides is 1. The van der Waals surface area contributed by atoms with E-state index in [0.29, 0.717) is 53.2 Å². The van der Waals surface area contributed by atoms with Crippen molar-refractivity contribution in [3.8, 4) is 17.2 Å². The molecule has 0 aliphatic rings. The highest BCUT2D eigenvalue weighted by Gasteiger charge is 2.15. The Morgan fingerprint density at radius 1 is 0.939 bits per heavy atom. The van der Waals surface area contributed by atoms with E-state index in [4.69, 9.17) is 19.9 Å². The fraction of sp³-hybridized carbons (Fsp3) is 0.192. The number of carbonyl (C=O) groups is 2. The number of ether oxygens (including phenoxy) is 3. The van der Waals surface area contributed by atoms with Crippen LogP contribution in [0.15, 0.2) is 60.8 Å². The van der Waals surface area contributed by atoms with Gasteiger partial charge in [-0.15, -0.1) is 0 Å². The van der Waals surface area contributed by atoms with Crippen molar-refractivity contribution in [1.82, 2.24) is 4.98 Å². The number of aromatic nitrogens is 1. The second-order valence-electron chi connectivity index (χ2n) is 7.55. The van der Waals surface area contributed by atoms with Gasteiger partial charge in [-0.25, -0.2) is 0 Å². The second-order valence-corrected chi connectivity index (χ2v) is 7.55. The van der Waals surface area contributed by atoms with Crippen LogP contribution in [0.5, 0.6) is 17.2 Å². The Kier molecular flexibility index (Phi) is 6.51. The molecule has 0 bridgehead atoms. The minimum Gasteiger partial charge on any atom is -0.496 e. The molecule has 0 spiro atoms. The number of amides is 1. The van der Waals surface area contributed by atoms with Gasteiger partial charge in [-0.05, 0) is 47.5 Å². The van der Waals surface area contributed by atoms with Crippen molar-refractivity contribution in [2.45, 2.75) is 12.8 Å². The third-order valence-electron chi connectivity index (χ3n) is 5.42. The van der Waals surface area contributed by atoms with E-state index in [1.54, 1.807) is 31.5 Å². The van der Waals surface area contributed by atoms with E-state index < -0.39 is 5.91 Å². The Labute approximate surface area is 191 Å². The molecule has 0 saturated carbocycles. The Balaban J connectivity index is 1.69. The Hall–Kier alpha value is -3.97.